The van der Waals surface area contributed by atoms with Gasteiger partial charge in [0.05, 0.1) is 26.6 Å². The predicted octanol–water partition coefficient (Wildman–Crippen LogP) is 3.79. The molecule has 3 N–H and O–H groups in total. The standard InChI is InChI=1S/C15H13ClN4O6/c1-2-11(9-6-10(16)15(22)7-14(9)21)17-18-12-4-3-8(19(23)24)5-13(12)20(25)26/h3-7,18,21-22H,2H2,1H3/b17-11+. The summed E-state index contributed by atoms with van der Waals surface area (Å²) in [5, 5.41) is 45.3. The molecule has 136 valence electrons. The molecule has 0 aromatic heterocycles. The number of aromatic hydroxyl groups is 2. The summed E-state index contributed by atoms with van der Waals surface area (Å²) >= 11 is 5.83. The molecule has 0 bridgehead atoms. The van der Waals surface area contributed by atoms with Crippen molar-refractivity contribution >= 4 is 34.4 Å². The highest BCUT2D eigenvalue weighted by Gasteiger charge is 2.20. The number of phenolic OH excluding ortho intramolecular Hbond substituents is 2. The van der Waals surface area contributed by atoms with E-state index in [2.05, 4.69) is 10.5 Å². The molecular weight excluding hydrogens is 368 g/mol. The number of halogens is 1. The first-order valence-electron chi connectivity index (χ1n) is 7.21. The quantitative estimate of drug-likeness (QED) is 0.391. The van der Waals surface area contributed by atoms with Crippen LogP contribution < -0.4 is 5.43 Å². The lowest BCUT2D eigenvalue weighted by Crippen LogP contribution is -2.05. The van der Waals surface area contributed by atoms with Crippen LogP contribution in [-0.2, 0) is 0 Å². The Morgan fingerprint density at radius 3 is 2.42 bits per heavy atom. The molecule has 0 unspecified atom stereocenters. The van der Waals surface area contributed by atoms with E-state index < -0.39 is 21.2 Å². The SMILES string of the molecule is CC/C(=N\Nc1ccc([N+](=O)[O-])cc1[N+](=O)[O-])c1cc(Cl)c(O)cc1O. The molecule has 0 amide bonds. The highest BCUT2D eigenvalue weighted by atomic mass is 35.5. The molecule has 0 saturated heterocycles. The van der Waals surface area contributed by atoms with Crippen LogP contribution in [-0.4, -0.2) is 25.8 Å². The Labute approximate surface area is 151 Å². The summed E-state index contributed by atoms with van der Waals surface area (Å²) in [5.74, 6) is -0.574. The summed E-state index contributed by atoms with van der Waals surface area (Å²) in [7, 11) is 0. The zero-order chi connectivity index (χ0) is 19.4. The molecule has 26 heavy (non-hydrogen) atoms. The average Bonchev–Trinajstić information content (AvgIpc) is 2.59. The second-order valence-corrected chi connectivity index (χ2v) is 5.47. The lowest BCUT2D eigenvalue weighted by atomic mass is 10.1. The number of benzene rings is 2. The summed E-state index contributed by atoms with van der Waals surface area (Å²) in [4.78, 5) is 20.4. The number of hydrogen-bond acceptors (Lipinski definition) is 8. The van der Waals surface area contributed by atoms with Crippen molar-refractivity contribution in [3.63, 3.8) is 0 Å². The van der Waals surface area contributed by atoms with Gasteiger partial charge in [-0.15, -0.1) is 0 Å². The number of hydrogen-bond donors (Lipinski definition) is 3. The van der Waals surface area contributed by atoms with Crippen LogP contribution in [0.15, 0.2) is 35.4 Å². The molecule has 0 heterocycles. The van der Waals surface area contributed by atoms with E-state index >= 15 is 0 Å². The maximum atomic E-state index is 11.1. The fourth-order valence-corrected chi connectivity index (χ4v) is 2.28. The van der Waals surface area contributed by atoms with Gasteiger partial charge >= 0.3 is 5.69 Å². The first-order chi connectivity index (χ1) is 12.2. The molecule has 0 spiro atoms. The molecule has 0 aliphatic heterocycles. The summed E-state index contributed by atoms with van der Waals surface area (Å²) in [6, 6.07) is 5.44. The molecule has 0 saturated carbocycles. The van der Waals surface area contributed by atoms with Gasteiger partial charge in [0.15, 0.2) is 0 Å². The van der Waals surface area contributed by atoms with Gasteiger partial charge in [0.2, 0.25) is 0 Å². The smallest absolute Gasteiger partial charge is 0.301 e. The van der Waals surface area contributed by atoms with Crippen LogP contribution >= 0.6 is 11.6 Å². The number of non-ortho nitro benzene ring substituents is 1. The third-order valence-electron chi connectivity index (χ3n) is 3.41. The van der Waals surface area contributed by atoms with E-state index in [1.165, 1.54) is 6.07 Å². The third-order valence-corrected chi connectivity index (χ3v) is 3.71. The van der Waals surface area contributed by atoms with Crippen LogP contribution in [0.25, 0.3) is 0 Å². The molecule has 0 fully saturated rings. The first-order valence-corrected chi connectivity index (χ1v) is 7.59. The van der Waals surface area contributed by atoms with Gasteiger partial charge in [-0.25, -0.2) is 0 Å². The van der Waals surface area contributed by atoms with Gasteiger partial charge in [-0.05, 0) is 18.6 Å². The number of rotatable bonds is 6. The van der Waals surface area contributed by atoms with Crippen LogP contribution in [0.4, 0.5) is 17.1 Å². The monoisotopic (exact) mass is 380 g/mol. The molecule has 0 radical (unpaired) electrons. The Morgan fingerprint density at radius 2 is 1.85 bits per heavy atom. The van der Waals surface area contributed by atoms with Crippen LogP contribution in [0.3, 0.4) is 0 Å². The Kier molecular flexibility index (Phi) is 5.58. The fraction of sp³-hybridized carbons (Fsp3) is 0.133. The van der Waals surface area contributed by atoms with Crippen molar-refractivity contribution in [2.45, 2.75) is 13.3 Å². The normalized spacial score (nSPS) is 11.2. The molecule has 0 aliphatic rings. The fourth-order valence-electron chi connectivity index (χ4n) is 2.12. The Hall–Kier alpha value is -3.40. The highest BCUT2D eigenvalue weighted by Crippen LogP contribution is 2.32. The van der Waals surface area contributed by atoms with E-state index in [9.17, 15) is 30.4 Å². The number of nitro groups is 2. The molecule has 2 aromatic carbocycles. The third kappa shape index (κ3) is 3.98. The number of nitrogens with zero attached hydrogens (tertiary/aromatic N) is 3. The van der Waals surface area contributed by atoms with Crippen molar-refractivity contribution in [1.82, 2.24) is 0 Å². The summed E-state index contributed by atoms with van der Waals surface area (Å²) in [6.07, 6.45) is 0.322. The summed E-state index contributed by atoms with van der Waals surface area (Å²) in [6.45, 7) is 1.73. The number of phenols is 2. The van der Waals surface area contributed by atoms with Gasteiger partial charge in [-0.3, -0.25) is 25.7 Å². The minimum atomic E-state index is -0.772. The molecule has 2 aromatic rings. The predicted molar refractivity (Wildman–Crippen MR) is 95.0 cm³/mol. The number of anilines is 1. The van der Waals surface area contributed by atoms with E-state index in [0.29, 0.717) is 12.1 Å². The van der Waals surface area contributed by atoms with Gasteiger partial charge in [0, 0.05) is 17.7 Å². The van der Waals surface area contributed by atoms with Crippen molar-refractivity contribution < 1.29 is 20.1 Å². The summed E-state index contributed by atoms with van der Waals surface area (Å²) < 4.78 is 0. The zero-order valence-electron chi connectivity index (χ0n) is 13.3. The van der Waals surface area contributed by atoms with Crippen molar-refractivity contribution in [2.24, 2.45) is 5.10 Å². The van der Waals surface area contributed by atoms with E-state index in [1.807, 2.05) is 0 Å². The van der Waals surface area contributed by atoms with Crippen LogP contribution in [0.2, 0.25) is 5.02 Å². The van der Waals surface area contributed by atoms with E-state index in [-0.39, 0.29) is 27.8 Å². The van der Waals surface area contributed by atoms with Crippen molar-refractivity contribution in [3.8, 4) is 11.5 Å². The van der Waals surface area contributed by atoms with Crippen molar-refractivity contribution in [2.75, 3.05) is 5.43 Å². The maximum absolute atomic E-state index is 11.1. The molecule has 2 rings (SSSR count). The Morgan fingerprint density at radius 1 is 1.15 bits per heavy atom. The molecule has 0 atom stereocenters. The van der Waals surface area contributed by atoms with E-state index in [0.717, 1.165) is 24.3 Å². The van der Waals surface area contributed by atoms with Gasteiger partial charge in [0.25, 0.3) is 5.69 Å². The topological polar surface area (TPSA) is 151 Å². The minimum absolute atomic E-state index is 0.000247. The number of hydrazone groups is 1. The maximum Gasteiger partial charge on any atom is 0.301 e. The lowest BCUT2D eigenvalue weighted by molar-refractivity contribution is -0.393. The molecule has 0 aliphatic carbocycles. The number of nitro benzene ring substituents is 2. The van der Waals surface area contributed by atoms with Gasteiger partial charge in [-0.1, -0.05) is 18.5 Å². The highest BCUT2D eigenvalue weighted by molar-refractivity contribution is 6.32. The molecule has 11 heteroatoms. The average molecular weight is 381 g/mol. The van der Waals surface area contributed by atoms with Gasteiger partial charge in [0.1, 0.15) is 17.2 Å². The summed E-state index contributed by atoms with van der Waals surface area (Å²) in [5.41, 5.74) is 2.00. The van der Waals surface area contributed by atoms with Crippen LogP contribution in [0.1, 0.15) is 18.9 Å². The molecule has 10 nitrogen and oxygen atoms in total. The number of nitrogens with one attached hydrogen (secondary N) is 1. The Bertz CT molecular complexity index is 915. The Balaban J connectivity index is 2.42. The van der Waals surface area contributed by atoms with Crippen LogP contribution in [0, 0.1) is 20.2 Å². The zero-order valence-corrected chi connectivity index (χ0v) is 14.1. The van der Waals surface area contributed by atoms with Crippen molar-refractivity contribution in [1.29, 1.82) is 0 Å². The minimum Gasteiger partial charge on any atom is -0.507 e. The van der Waals surface area contributed by atoms with Crippen molar-refractivity contribution in [3.05, 3.63) is 61.1 Å². The van der Waals surface area contributed by atoms with E-state index in [4.69, 9.17) is 11.6 Å². The largest absolute Gasteiger partial charge is 0.507 e. The lowest BCUT2D eigenvalue weighted by Gasteiger charge is -2.09. The second kappa shape index (κ2) is 7.66. The molecular formula is C15H13ClN4O6. The first kappa shape index (κ1) is 18.9. The second-order valence-electron chi connectivity index (χ2n) is 5.06. The van der Waals surface area contributed by atoms with E-state index in [1.54, 1.807) is 6.92 Å². The van der Waals surface area contributed by atoms with Crippen LogP contribution in [0.5, 0.6) is 11.5 Å². The van der Waals surface area contributed by atoms with Gasteiger partial charge in [-0.2, -0.15) is 5.10 Å². The van der Waals surface area contributed by atoms with Gasteiger partial charge < -0.3 is 10.2 Å².